The predicted octanol–water partition coefficient (Wildman–Crippen LogP) is 4.91. The summed E-state index contributed by atoms with van der Waals surface area (Å²) in [7, 11) is 1.75. The molecule has 0 heterocycles. The van der Waals surface area contributed by atoms with Gasteiger partial charge in [0.2, 0.25) is 0 Å². The Kier molecular flexibility index (Phi) is 5.24. The van der Waals surface area contributed by atoms with Crippen molar-refractivity contribution in [2.75, 3.05) is 7.11 Å². The fraction of sp³-hybridized carbons (Fsp3) is 0.474. The van der Waals surface area contributed by atoms with E-state index in [2.05, 4.69) is 62.5 Å². The molecule has 2 rings (SSSR count). The second-order valence-electron chi connectivity index (χ2n) is 5.66. The molecule has 0 bridgehead atoms. The van der Waals surface area contributed by atoms with Gasteiger partial charge in [-0.05, 0) is 36.1 Å². The summed E-state index contributed by atoms with van der Waals surface area (Å²) in [6, 6.07) is 12.7. The number of hydrogen-bond acceptors (Lipinski definition) is 2. The number of ether oxygens (including phenoxy) is 1. The highest BCUT2D eigenvalue weighted by molar-refractivity contribution is 5.87. The lowest BCUT2D eigenvalue weighted by Gasteiger charge is -2.32. The van der Waals surface area contributed by atoms with Crippen LogP contribution < -0.4 is 10.1 Å². The van der Waals surface area contributed by atoms with Crippen molar-refractivity contribution in [3.8, 4) is 5.75 Å². The normalized spacial score (nSPS) is 11.8. The number of rotatable bonds is 7. The Labute approximate surface area is 128 Å². The van der Waals surface area contributed by atoms with Crippen LogP contribution >= 0.6 is 0 Å². The molecule has 0 aromatic heterocycles. The van der Waals surface area contributed by atoms with E-state index in [4.69, 9.17) is 4.74 Å². The third-order valence-electron chi connectivity index (χ3n) is 4.89. The maximum atomic E-state index is 5.58. The standard InChI is InChI=1S/C19H27NO/c1-5-19(6-2,7-3)20-14-17-16-11-9-8-10-15(16)12-13-18(17)21-4/h8-13,20H,5-7,14H2,1-4H3. The zero-order valence-electron chi connectivity index (χ0n) is 13.7. The van der Waals surface area contributed by atoms with Gasteiger partial charge in [0.1, 0.15) is 5.75 Å². The average molecular weight is 285 g/mol. The Hall–Kier alpha value is -1.54. The molecular weight excluding hydrogens is 258 g/mol. The summed E-state index contributed by atoms with van der Waals surface area (Å²) in [5.41, 5.74) is 1.48. The fourth-order valence-corrected chi connectivity index (χ4v) is 3.09. The van der Waals surface area contributed by atoms with E-state index in [0.717, 1.165) is 31.6 Å². The molecule has 1 N–H and O–H groups in total. The second kappa shape index (κ2) is 6.95. The van der Waals surface area contributed by atoms with Crippen molar-refractivity contribution in [1.29, 1.82) is 0 Å². The van der Waals surface area contributed by atoms with Crippen molar-refractivity contribution >= 4 is 10.8 Å². The van der Waals surface area contributed by atoms with Gasteiger partial charge in [-0.15, -0.1) is 0 Å². The SMILES string of the molecule is CCC(CC)(CC)NCc1c(OC)ccc2ccccc12. The van der Waals surface area contributed by atoms with Crippen molar-refractivity contribution in [3.63, 3.8) is 0 Å². The van der Waals surface area contributed by atoms with E-state index in [1.807, 2.05) is 0 Å². The Bertz CT molecular complexity index is 579. The first kappa shape index (κ1) is 15.8. The number of hydrogen-bond donors (Lipinski definition) is 1. The topological polar surface area (TPSA) is 21.3 Å². The van der Waals surface area contributed by atoms with E-state index in [1.54, 1.807) is 7.11 Å². The molecular formula is C19H27NO. The summed E-state index contributed by atoms with van der Waals surface area (Å²) in [5.74, 6) is 0.971. The highest BCUT2D eigenvalue weighted by Gasteiger charge is 2.23. The highest BCUT2D eigenvalue weighted by atomic mass is 16.5. The minimum Gasteiger partial charge on any atom is -0.496 e. The van der Waals surface area contributed by atoms with Crippen molar-refractivity contribution in [2.45, 2.75) is 52.1 Å². The molecule has 0 spiro atoms. The quantitative estimate of drug-likeness (QED) is 0.780. The smallest absolute Gasteiger partial charge is 0.123 e. The summed E-state index contributed by atoms with van der Waals surface area (Å²) >= 11 is 0. The molecule has 0 saturated heterocycles. The number of nitrogens with one attached hydrogen (secondary N) is 1. The third-order valence-corrected chi connectivity index (χ3v) is 4.89. The van der Waals surface area contributed by atoms with Gasteiger partial charge in [-0.2, -0.15) is 0 Å². The van der Waals surface area contributed by atoms with Crippen LogP contribution in [0.1, 0.15) is 45.6 Å². The molecule has 0 radical (unpaired) electrons. The summed E-state index contributed by atoms with van der Waals surface area (Å²) < 4.78 is 5.58. The van der Waals surface area contributed by atoms with Crippen molar-refractivity contribution < 1.29 is 4.74 Å². The maximum Gasteiger partial charge on any atom is 0.123 e. The van der Waals surface area contributed by atoms with Crippen LogP contribution in [0.3, 0.4) is 0 Å². The molecule has 2 nitrogen and oxygen atoms in total. The van der Waals surface area contributed by atoms with E-state index in [1.165, 1.54) is 16.3 Å². The summed E-state index contributed by atoms with van der Waals surface area (Å²) in [6.07, 6.45) is 3.44. The van der Waals surface area contributed by atoms with Gasteiger partial charge in [-0.1, -0.05) is 51.1 Å². The zero-order valence-corrected chi connectivity index (χ0v) is 13.7. The molecule has 0 amide bonds. The van der Waals surface area contributed by atoms with Crippen LogP contribution in [-0.2, 0) is 6.54 Å². The van der Waals surface area contributed by atoms with Crippen molar-refractivity contribution in [3.05, 3.63) is 42.0 Å². The van der Waals surface area contributed by atoms with Crippen LogP contribution in [0.4, 0.5) is 0 Å². The fourth-order valence-electron chi connectivity index (χ4n) is 3.09. The van der Waals surface area contributed by atoms with Gasteiger partial charge in [0.25, 0.3) is 0 Å². The molecule has 2 aromatic rings. The Morgan fingerprint density at radius 1 is 0.952 bits per heavy atom. The lowest BCUT2D eigenvalue weighted by molar-refractivity contribution is 0.286. The molecule has 0 saturated carbocycles. The van der Waals surface area contributed by atoms with Gasteiger partial charge in [0.05, 0.1) is 7.11 Å². The lowest BCUT2D eigenvalue weighted by atomic mass is 9.89. The van der Waals surface area contributed by atoms with Gasteiger partial charge in [-0.3, -0.25) is 0 Å². The molecule has 0 atom stereocenters. The van der Waals surface area contributed by atoms with Crippen LogP contribution in [0.5, 0.6) is 5.75 Å². The van der Waals surface area contributed by atoms with Crippen molar-refractivity contribution in [2.24, 2.45) is 0 Å². The molecule has 114 valence electrons. The summed E-state index contributed by atoms with van der Waals surface area (Å²) in [4.78, 5) is 0. The number of methoxy groups -OCH3 is 1. The maximum absolute atomic E-state index is 5.58. The first-order valence-corrected chi connectivity index (χ1v) is 7.99. The molecule has 0 unspecified atom stereocenters. The van der Waals surface area contributed by atoms with Crippen LogP contribution in [-0.4, -0.2) is 12.6 Å². The Morgan fingerprint density at radius 2 is 1.62 bits per heavy atom. The zero-order chi connectivity index (χ0) is 15.3. The number of benzene rings is 2. The Morgan fingerprint density at radius 3 is 2.24 bits per heavy atom. The van der Waals surface area contributed by atoms with Gasteiger partial charge >= 0.3 is 0 Å². The third kappa shape index (κ3) is 3.21. The molecule has 0 aliphatic heterocycles. The van der Waals surface area contributed by atoms with Crippen LogP contribution in [0, 0.1) is 0 Å². The van der Waals surface area contributed by atoms with Crippen molar-refractivity contribution in [1.82, 2.24) is 5.32 Å². The summed E-state index contributed by atoms with van der Waals surface area (Å²) in [5, 5.41) is 6.33. The van der Waals surface area contributed by atoms with E-state index >= 15 is 0 Å². The van der Waals surface area contributed by atoms with Gasteiger partial charge < -0.3 is 10.1 Å². The van der Waals surface area contributed by atoms with E-state index in [0.29, 0.717) is 0 Å². The van der Waals surface area contributed by atoms with Crippen LogP contribution in [0.2, 0.25) is 0 Å². The molecule has 0 aliphatic carbocycles. The highest BCUT2D eigenvalue weighted by Crippen LogP contribution is 2.29. The van der Waals surface area contributed by atoms with E-state index in [9.17, 15) is 0 Å². The molecule has 0 aliphatic rings. The van der Waals surface area contributed by atoms with Gasteiger partial charge in [0, 0.05) is 17.6 Å². The predicted molar refractivity (Wildman–Crippen MR) is 90.9 cm³/mol. The molecule has 2 heteroatoms. The van der Waals surface area contributed by atoms with Gasteiger partial charge in [-0.25, -0.2) is 0 Å². The van der Waals surface area contributed by atoms with Crippen LogP contribution in [0.25, 0.3) is 10.8 Å². The largest absolute Gasteiger partial charge is 0.496 e. The first-order valence-electron chi connectivity index (χ1n) is 7.99. The second-order valence-corrected chi connectivity index (χ2v) is 5.66. The van der Waals surface area contributed by atoms with E-state index < -0.39 is 0 Å². The molecule has 0 fully saturated rings. The monoisotopic (exact) mass is 285 g/mol. The van der Waals surface area contributed by atoms with Crippen LogP contribution in [0.15, 0.2) is 36.4 Å². The van der Waals surface area contributed by atoms with Gasteiger partial charge in [0.15, 0.2) is 0 Å². The van der Waals surface area contributed by atoms with E-state index in [-0.39, 0.29) is 5.54 Å². The molecule has 21 heavy (non-hydrogen) atoms. The molecule has 2 aromatic carbocycles. The Balaban J connectivity index is 2.36. The summed E-state index contributed by atoms with van der Waals surface area (Å²) in [6.45, 7) is 7.64. The lowest BCUT2D eigenvalue weighted by Crippen LogP contribution is -2.43. The minimum absolute atomic E-state index is 0.224. The average Bonchev–Trinajstić information content (AvgIpc) is 2.56. The first-order chi connectivity index (χ1) is 10.2. The number of fused-ring (bicyclic) bond motifs is 1. The minimum atomic E-state index is 0.224.